The molecule has 1 saturated heterocycles. The maximum absolute atomic E-state index is 13.1. The molecule has 5 rings (SSSR count). The van der Waals surface area contributed by atoms with Gasteiger partial charge in [0.25, 0.3) is 5.56 Å². The predicted molar refractivity (Wildman–Crippen MR) is 110 cm³/mol. The zero-order valence-electron chi connectivity index (χ0n) is 16.1. The molecule has 6 nitrogen and oxygen atoms in total. The molecule has 8 heteroatoms. The molecule has 0 unspecified atom stereocenters. The summed E-state index contributed by atoms with van der Waals surface area (Å²) in [6.45, 7) is 2.73. The zero-order chi connectivity index (χ0) is 20.0. The van der Waals surface area contributed by atoms with Crippen molar-refractivity contribution in [2.45, 2.75) is 36.9 Å². The minimum Gasteiger partial charge on any atom is -0.368 e. The molecule has 0 saturated carbocycles. The van der Waals surface area contributed by atoms with Crippen molar-refractivity contribution in [2.24, 2.45) is 0 Å². The van der Waals surface area contributed by atoms with Gasteiger partial charge in [0.1, 0.15) is 5.82 Å². The average Bonchev–Trinajstić information content (AvgIpc) is 3.36. The number of carbonyl (C=O) groups excluding carboxylic acids is 1. The number of rotatable bonds is 3. The number of thioether (sulfide) groups is 1. The van der Waals surface area contributed by atoms with Crippen LogP contribution >= 0.6 is 11.8 Å². The summed E-state index contributed by atoms with van der Waals surface area (Å²) < 4.78 is 14.9. The first-order chi connectivity index (χ1) is 14.1. The highest BCUT2D eigenvalue weighted by molar-refractivity contribution is 7.99. The number of halogens is 1. The van der Waals surface area contributed by atoms with Gasteiger partial charge >= 0.3 is 0 Å². The van der Waals surface area contributed by atoms with Crippen LogP contribution in [-0.4, -0.2) is 52.3 Å². The molecule has 152 valence electrons. The summed E-state index contributed by atoms with van der Waals surface area (Å²) in [7, 11) is 0. The lowest BCUT2D eigenvalue weighted by Gasteiger charge is -2.36. The Labute approximate surface area is 172 Å². The lowest BCUT2D eigenvalue weighted by molar-refractivity contribution is -0.132. The molecule has 0 radical (unpaired) electrons. The normalized spacial score (nSPS) is 20.7. The van der Waals surface area contributed by atoms with Crippen LogP contribution < -0.4 is 10.5 Å². The van der Waals surface area contributed by atoms with Gasteiger partial charge in [-0.05, 0) is 43.5 Å². The summed E-state index contributed by atoms with van der Waals surface area (Å²) in [5, 5.41) is 0.773. The Bertz CT molecular complexity index is 999. The number of aromatic nitrogens is 2. The van der Waals surface area contributed by atoms with Gasteiger partial charge in [0.15, 0.2) is 5.16 Å². The molecule has 0 N–H and O–H groups in total. The molecule has 1 fully saturated rings. The Morgan fingerprint density at radius 3 is 2.66 bits per heavy atom. The SMILES string of the molecule is O=C(C[C@H]1CSc2nc3c(c(=O)n21)CCC3)N1CCN(c2ccc(F)cc2)CC1. The number of piperazine rings is 1. The minimum absolute atomic E-state index is 0.0615. The number of fused-ring (bicyclic) bond motifs is 2. The number of anilines is 1. The molecule has 1 atom stereocenters. The highest BCUT2D eigenvalue weighted by atomic mass is 32.2. The molecule has 29 heavy (non-hydrogen) atoms. The second kappa shape index (κ2) is 7.48. The second-order valence-corrected chi connectivity index (χ2v) is 8.85. The lowest BCUT2D eigenvalue weighted by atomic mass is 10.1. The van der Waals surface area contributed by atoms with E-state index in [9.17, 15) is 14.0 Å². The Kier molecular flexibility index (Phi) is 4.81. The van der Waals surface area contributed by atoms with E-state index in [2.05, 4.69) is 9.88 Å². The maximum Gasteiger partial charge on any atom is 0.257 e. The molecule has 1 aromatic heterocycles. The van der Waals surface area contributed by atoms with Gasteiger partial charge in [0.2, 0.25) is 5.91 Å². The number of nitrogens with zero attached hydrogens (tertiary/aromatic N) is 4. The number of benzene rings is 1. The van der Waals surface area contributed by atoms with E-state index in [0.29, 0.717) is 19.5 Å². The van der Waals surface area contributed by atoms with Gasteiger partial charge in [-0.2, -0.15) is 0 Å². The quantitative estimate of drug-likeness (QED) is 0.721. The first kappa shape index (κ1) is 18.7. The van der Waals surface area contributed by atoms with Gasteiger partial charge < -0.3 is 9.80 Å². The summed E-state index contributed by atoms with van der Waals surface area (Å²) in [6, 6.07) is 6.37. The van der Waals surface area contributed by atoms with Gasteiger partial charge in [-0.1, -0.05) is 11.8 Å². The first-order valence-corrected chi connectivity index (χ1v) is 11.1. The standard InChI is InChI=1S/C21H23FN4O2S/c22-14-4-6-15(7-5-14)24-8-10-25(11-9-24)19(27)12-16-13-29-21-23-18-3-1-2-17(18)20(28)26(16)21/h4-7,16H,1-3,8-13H2/t16-/m0/s1. The van der Waals surface area contributed by atoms with Crippen molar-refractivity contribution in [3.63, 3.8) is 0 Å². The predicted octanol–water partition coefficient (Wildman–Crippen LogP) is 2.26. The van der Waals surface area contributed by atoms with E-state index >= 15 is 0 Å². The molecule has 3 aliphatic rings. The number of hydrogen-bond acceptors (Lipinski definition) is 5. The zero-order valence-corrected chi connectivity index (χ0v) is 17.0. The third kappa shape index (κ3) is 3.43. The number of hydrogen-bond donors (Lipinski definition) is 0. The van der Waals surface area contributed by atoms with Gasteiger partial charge in [-0.15, -0.1) is 0 Å². The smallest absolute Gasteiger partial charge is 0.257 e. The topological polar surface area (TPSA) is 58.4 Å². The van der Waals surface area contributed by atoms with Crippen molar-refractivity contribution in [2.75, 3.05) is 36.8 Å². The molecular weight excluding hydrogens is 391 g/mol. The lowest BCUT2D eigenvalue weighted by Crippen LogP contribution is -2.49. The molecule has 3 heterocycles. The van der Waals surface area contributed by atoms with Crippen LogP contribution in [0.3, 0.4) is 0 Å². The minimum atomic E-state index is -0.243. The monoisotopic (exact) mass is 414 g/mol. The van der Waals surface area contributed by atoms with E-state index in [1.807, 2.05) is 4.90 Å². The summed E-state index contributed by atoms with van der Waals surface area (Å²) in [5.74, 6) is 0.578. The molecule has 0 spiro atoms. The molecule has 1 aliphatic carbocycles. The third-order valence-corrected chi connectivity index (χ3v) is 7.20. The van der Waals surface area contributed by atoms with Crippen molar-refractivity contribution < 1.29 is 9.18 Å². The van der Waals surface area contributed by atoms with E-state index in [4.69, 9.17) is 0 Å². The Hall–Kier alpha value is -2.35. The van der Waals surface area contributed by atoms with Crippen molar-refractivity contribution in [3.05, 3.63) is 51.7 Å². The van der Waals surface area contributed by atoms with Gasteiger partial charge in [-0.3, -0.25) is 14.2 Å². The fourth-order valence-corrected chi connectivity index (χ4v) is 5.65. The summed E-state index contributed by atoms with van der Waals surface area (Å²) in [6.07, 6.45) is 3.03. The van der Waals surface area contributed by atoms with Crippen LogP contribution in [0.2, 0.25) is 0 Å². The fourth-order valence-electron chi connectivity index (χ4n) is 4.50. The Morgan fingerprint density at radius 1 is 1.14 bits per heavy atom. The van der Waals surface area contributed by atoms with Crippen molar-refractivity contribution in [1.82, 2.24) is 14.5 Å². The third-order valence-electron chi connectivity index (χ3n) is 6.11. The summed E-state index contributed by atoms with van der Waals surface area (Å²) in [5.41, 5.74) is 2.84. The molecule has 2 aromatic rings. The van der Waals surface area contributed by atoms with Crippen LogP contribution in [0.1, 0.15) is 30.1 Å². The number of aryl methyl sites for hydroxylation is 1. The van der Waals surface area contributed by atoms with Crippen molar-refractivity contribution in [3.8, 4) is 0 Å². The van der Waals surface area contributed by atoms with E-state index < -0.39 is 0 Å². The van der Waals surface area contributed by atoms with Gasteiger partial charge in [0.05, 0.1) is 11.7 Å². The van der Waals surface area contributed by atoms with Crippen LogP contribution in [0, 0.1) is 5.82 Å². The van der Waals surface area contributed by atoms with E-state index in [-0.39, 0.29) is 23.3 Å². The number of amides is 1. The van der Waals surface area contributed by atoms with Crippen LogP contribution in [0.5, 0.6) is 0 Å². The molecule has 1 amide bonds. The summed E-state index contributed by atoms with van der Waals surface area (Å²) >= 11 is 1.59. The maximum atomic E-state index is 13.1. The second-order valence-electron chi connectivity index (χ2n) is 7.86. The van der Waals surface area contributed by atoms with E-state index in [1.165, 1.54) is 12.1 Å². The fraction of sp³-hybridized carbons (Fsp3) is 0.476. The summed E-state index contributed by atoms with van der Waals surface area (Å²) in [4.78, 5) is 34.5. The van der Waals surface area contributed by atoms with E-state index in [0.717, 1.165) is 60.2 Å². The number of carbonyl (C=O) groups is 1. The van der Waals surface area contributed by atoms with Gasteiger partial charge in [-0.25, -0.2) is 9.37 Å². The highest BCUT2D eigenvalue weighted by Crippen LogP contribution is 2.34. The Balaban J connectivity index is 1.24. The van der Waals surface area contributed by atoms with Crippen molar-refractivity contribution >= 4 is 23.4 Å². The molecular formula is C21H23FN4O2S. The first-order valence-electron chi connectivity index (χ1n) is 10.2. The Morgan fingerprint density at radius 2 is 1.90 bits per heavy atom. The largest absolute Gasteiger partial charge is 0.368 e. The van der Waals surface area contributed by atoms with Gasteiger partial charge in [0, 0.05) is 49.6 Å². The van der Waals surface area contributed by atoms with Crippen LogP contribution in [0.25, 0.3) is 0 Å². The highest BCUT2D eigenvalue weighted by Gasteiger charge is 2.32. The van der Waals surface area contributed by atoms with Crippen LogP contribution in [-0.2, 0) is 17.6 Å². The molecule has 1 aromatic carbocycles. The van der Waals surface area contributed by atoms with Crippen LogP contribution in [0.4, 0.5) is 10.1 Å². The molecule has 2 aliphatic heterocycles. The average molecular weight is 415 g/mol. The molecule has 0 bridgehead atoms. The van der Waals surface area contributed by atoms with Crippen LogP contribution in [0.15, 0.2) is 34.2 Å². The van der Waals surface area contributed by atoms with E-state index in [1.54, 1.807) is 28.5 Å². The van der Waals surface area contributed by atoms with Crippen molar-refractivity contribution in [1.29, 1.82) is 0 Å².